The van der Waals surface area contributed by atoms with Crippen LogP contribution in [0.3, 0.4) is 0 Å². The number of thiophene rings is 1. The second-order valence-corrected chi connectivity index (χ2v) is 5.50. The van der Waals surface area contributed by atoms with E-state index in [4.69, 9.17) is 5.73 Å². The molecule has 1 nitrogen and oxygen atoms in total. The van der Waals surface area contributed by atoms with Crippen LogP contribution in [0.15, 0.2) is 9.85 Å². The fraction of sp³-hybridized carbons (Fsp3) is 0.556. The minimum absolute atomic E-state index is 0.315. The third-order valence-corrected chi connectivity index (χ3v) is 4.05. The molecule has 0 saturated carbocycles. The third-order valence-electron chi connectivity index (χ3n) is 1.90. The van der Waals surface area contributed by atoms with E-state index in [1.54, 1.807) is 11.3 Å². The van der Waals surface area contributed by atoms with Gasteiger partial charge in [-0.3, -0.25) is 0 Å². The molecular weight excluding hydrogens is 234 g/mol. The molecule has 1 unspecified atom stereocenters. The van der Waals surface area contributed by atoms with E-state index in [1.165, 1.54) is 14.2 Å². The number of halogens is 1. The van der Waals surface area contributed by atoms with E-state index in [0.29, 0.717) is 6.04 Å². The standard InChI is InChI=1S/C9H14BrNS/c1-3-7(11)5-8-4-6(2)9(10)12-8/h4,7H,3,5,11H2,1-2H3. The molecule has 1 aromatic rings. The lowest BCUT2D eigenvalue weighted by atomic mass is 10.1. The van der Waals surface area contributed by atoms with Crippen molar-refractivity contribution in [1.82, 2.24) is 0 Å². The maximum atomic E-state index is 5.86. The number of rotatable bonds is 3. The molecular formula is C9H14BrNS. The second kappa shape index (κ2) is 4.40. The van der Waals surface area contributed by atoms with Gasteiger partial charge in [-0.05, 0) is 47.3 Å². The van der Waals surface area contributed by atoms with E-state index in [9.17, 15) is 0 Å². The lowest BCUT2D eigenvalue weighted by molar-refractivity contribution is 0.652. The summed E-state index contributed by atoms with van der Waals surface area (Å²) in [5, 5.41) is 0. The van der Waals surface area contributed by atoms with Crippen molar-refractivity contribution in [3.63, 3.8) is 0 Å². The van der Waals surface area contributed by atoms with Gasteiger partial charge in [0.25, 0.3) is 0 Å². The SMILES string of the molecule is CCC(N)Cc1cc(C)c(Br)s1. The van der Waals surface area contributed by atoms with E-state index >= 15 is 0 Å². The first-order valence-corrected chi connectivity index (χ1v) is 5.74. The van der Waals surface area contributed by atoms with Crippen LogP contribution in [0.1, 0.15) is 23.8 Å². The molecule has 0 aliphatic rings. The van der Waals surface area contributed by atoms with Crippen molar-refractivity contribution in [3.05, 3.63) is 20.3 Å². The Balaban J connectivity index is 2.64. The largest absolute Gasteiger partial charge is 0.327 e. The fourth-order valence-electron chi connectivity index (χ4n) is 1.03. The summed E-state index contributed by atoms with van der Waals surface area (Å²) in [6.07, 6.45) is 2.06. The Hall–Kier alpha value is 0.140. The summed E-state index contributed by atoms with van der Waals surface area (Å²) in [4.78, 5) is 1.38. The molecule has 0 spiro atoms. The molecule has 1 rings (SSSR count). The van der Waals surface area contributed by atoms with Gasteiger partial charge in [-0.1, -0.05) is 6.92 Å². The van der Waals surface area contributed by atoms with Gasteiger partial charge in [-0.2, -0.15) is 0 Å². The lowest BCUT2D eigenvalue weighted by Gasteiger charge is -2.04. The van der Waals surface area contributed by atoms with Crippen LogP contribution >= 0.6 is 27.3 Å². The molecule has 1 aromatic heterocycles. The topological polar surface area (TPSA) is 26.0 Å². The highest BCUT2D eigenvalue weighted by molar-refractivity contribution is 9.11. The van der Waals surface area contributed by atoms with Crippen LogP contribution in [0.4, 0.5) is 0 Å². The van der Waals surface area contributed by atoms with Gasteiger partial charge >= 0.3 is 0 Å². The molecule has 0 aliphatic carbocycles. The molecule has 0 fully saturated rings. The van der Waals surface area contributed by atoms with Gasteiger partial charge in [0.1, 0.15) is 0 Å². The van der Waals surface area contributed by atoms with Crippen LogP contribution in [-0.4, -0.2) is 6.04 Å². The monoisotopic (exact) mass is 247 g/mol. The molecule has 1 heterocycles. The van der Waals surface area contributed by atoms with Crippen molar-refractivity contribution in [2.24, 2.45) is 5.73 Å². The first-order valence-electron chi connectivity index (χ1n) is 4.14. The van der Waals surface area contributed by atoms with E-state index in [0.717, 1.165) is 12.8 Å². The summed E-state index contributed by atoms with van der Waals surface area (Å²) in [6.45, 7) is 4.24. The van der Waals surface area contributed by atoms with Gasteiger partial charge in [0.15, 0.2) is 0 Å². The summed E-state index contributed by atoms with van der Waals surface area (Å²) >= 11 is 5.30. The summed E-state index contributed by atoms with van der Waals surface area (Å²) in [5.41, 5.74) is 7.17. The Bertz CT molecular complexity index is 238. The number of hydrogen-bond acceptors (Lipinski definition) is 2. The summed E-state index contributed by atoms with van der Waals surface area (Å²) in [6, 6.07) is 2.53. The van der Waals surface area contributed by atoms with Crippen LogP contribution in [0, 0.1) is 6.92 Å². The lowest BCUT2D eigenvalue weighted by Crippen LogP contribution is -2.20. The predicted octanol–water partition coefficient (Wildman–Crippen LogP) is 3.10. The highest BCUT2D eigenvalue weighted by Crippen LogP contribution is 2.28. The molecule has 0 saturated heterocycles. The van der Waals surface area contributed by atoms with Gasteiger partial charge < -0.3 is 5.73 Å². The molecule has 0 aliphatic heterocycles. The third kappa shape index (κ3) is 2.57. The van der Waals surface area contributed by atoms with Crippen LogP contribution in [0.2, 0.25) is 0 Å². The number of hydrogen-bond donors (Lipinski definition) is 1. The van der Waals surface area contributed by atoms with E-state index in [1.807, 2.05) is 0 Å². The molecule has 1 atom stereocenters. The van der Waals surface area contributed by atoms with Crippen molar-refractivity contribution in [1.29, 1.82) is 0 Å². The van der Waals surface area contributed by atoms with Crippen molar-refractivity contribution < 1.29 is 0 Å². The van der Waals surface area contributed by atoms with Crippen molar-refractivity contribution >= 4 is 27.3 Å². The van der Waals surface area contributed by atoms with Crippen LogP contribution < -0.4 is 5.73 Å². The summed E-state index contributed by atoms with van der Waals surface area (Å²) in [7, 11) is 0. The molecule has 0 bridgehead atoms. The highest BCUT2D eigenvalue weighted by Gasteiger charge is 2.06. The Kier molecular flexibility index (Phi) is 3.75. The molecule has 2 N–H and O–H groups in total. The van der Waals surface area contributed by atoms with E-state index in [-0.39, 0.29) is 0 Å². The Morgan fingerprint density at radius 1 is 1.67 bits per heavy atom. The first-order chi connectivity index (χ1) is 5.63. The average molecular weight is 248 g/mol. The normalized spacial score (nSPS) is 13.3. The van der Waals surface area contributed by atoms with E-state index < -0.39 is 0 Å². The molecule has 0 aromatic carbocycles. The molecule has 0 amide bonds. The minimum atomic E-state index is 0.315. The Morgan fingerprint density at radius 2 is 2.33 bits per heavy atom. The predicted molar refractivity (Wildman–Crippen MR) is 58.7 cm³/mol. The van der Waals surface area contributed by atoms with Crippen LogP contribution in [0.5, 0.6) is 0 Å². The zero-order chi connectivity index (χ0) is 9.14. The maximum Gasteiger partial charge on any atom is 0.0730 e. The average Bonchev–Trinajstić information content (AvgIpc) is 2.31. The molecule has 12 heavy (non-hydrogen) atoms. The van der Waals surface area contributed by atoms with Crippen LogP contribution in [-0.2, 0) is 6.42 Å². The zero-order valence-corrected chi connectivity index (χ0v) is 9.83. The van der Waals surface area contributed by atoms with Gasteiger partial charge in [0, 0.05) is 10.9 Å². The summed E-state index contributed by atoms with van der Waals surface area (Å²) < 4.78 is 1.24. The molecule has 68 valence electrons. The van der Waals surface area contributed by atoms with Crippen molar-refractivity contribution in [3.8, 4) is 0 Å². The van der Waals surface area contributed by atoms with Crippen molar-refractivity contribution in [2.45, 2.75) is 32.7 Å². The quantitative estimate of drug-likeness (QED) is 0.873. The smallest absolute Gasteiger partial charge is 0.0730 e. The summed E-state index contributed by atoms with van der Waals surface area (Å²) in [5.74, 6) is 0. The second-order valence-electron chi connectivity index (χ2n) is 3.04. The van der Waals surface area contributed by atoms with Crippen LogP contribution in [0.25, 0.3) is 0 Å². The minimum Gasteiger partial charge on any atom is -0.327 e. The Morgan fingerprint density at radius 3 is 2.75 bits per heavy atom. The first kappa shape index (κ1) is 10.2. The van der Waals surface area contributed by atoms with Gasteiger partial charge in [0.2, 0.25) is 0 Å². The zero-order valence-electron chi connectivity index (χ0n) is 7.43. The maximum absolute atomic E-state index is 5.86. The Labute approximate surface area is 86.1 Å². The van der Waals surface area contributed by atoms with Crippen molar-refractivity contribution in [2.75, 3.05) is 0 Å². The van der Waals surface area contributed by atoms with Gasteiger partial charge in [0.05, 0.1) is 3.79 Å². The fourth-order valence-corrected chi connectivity index (χ4v) is 2.75. The molecule has 3 heteroatoms. The number of nitrogens with two attached hydrogens (primary N) is 1. The number of aryl methyl sites for hydroxylation is 1. The van der Waals surface area contributed by atoms with E-state index in [2.05, 4.69) is 35.8 Å². The van der Waals surface area contributed by atoms with Gasteiger partial charge in [-0.15, -0.1) is 11.3 Å². The highest BCUT2D eigenvalue weighted by atomic mass is 79.9. The van der Waals surface area contributed by atoms with Gasteiger partial charge in [-0.25, -0.2) is 0 Å². The molecule has 0 radical (unpaired) electrons.